The van der Waals surface area contributed by atoms with Crippen LogP contribution in [-0.2, 0) is 58.0 Å². The number of carboxylic acid groups (broad SMARTS) is 4. The highest BCUT2D eigenvalue weighted by atomic mass is 32.2. The Morgan fingerprint density at radius 1 is 0.846 bits per heavy atom. The minimum absolute atomic E-state index is 0.0659. The van der Waals surface area contributed by atoms with E-state index in [0.29, 0.717) is 24.0 Å². The summed E-state index contributed by atoms with van der Waals surface area (Å²) in [6, 6.07) is -0.654. The molecule has 6 atom stereocenters. The molecule has 65 heavy (non-hydrogen) atoms. The zero-order chi connectivity index (χ0) is 48.5. The number of esters is 1. The molecular weight excluding hydrogens is 923 g/mol. The number of fused-ring (bicyclic) bond motifs is 3. The van der Waals surface area contributed by atoms with E-state index >= 15 is 0 Å². The predicted octanol–water partition coefficient (Wildman–Crippen LogP) is -0.152. The molecule has 0 radical (unpaired) electrons. The van der Waals surface area contributed by atoms with E-state index in [1.807, 2.05) is 5.38 Å². The molecule has 5 fully saturated rings. The smallest absolute Gasteiger partial charge is 0.352 e. The van der Waals surface area contributed by atoms with Gasteiger partial charge in [-0.15, -0.1) is 11.3 Å². The number of amides is 3. The average molecular weight is 964 g/mol. The maximum absolute atomic E-state index is 12.7. The molecule has 0 aromatic carbocycles. The quantitative estimate of drug-likeness (QED) is 0.124. The molecule has 8 rings (SSSR count). The summed E-state index contributed by atoms with van der Waals surface area (Å²) in [5, 5.41) is 45.8. The molecule has 6 aliphatic heterocycles. The van der Waals surface area contributed by atoms with Gasteiger partial charge >= 0.3 is 29.8 Å². The molecule has 0 aliphatic carbocycles. The van der Waals surface area contributed by atoms with Crippen LogP contribution in [0.3, 0.4) is 0 Å². The van der Waals surface area contributed by atoms with Crippen LogP contribution in [-0.4, -0.2) is 166 Å². The minimum Gasteiger partial charge on any atom is -0.480 e. The number of aliphatic hydroxyl groups is 1. The lowest BCUT2D eigenvalue weighted by Gasteiger charge is -2.46. The SMILES string of the molecule is CC(=O)OCC1=C(C(=O)O)N2C(=O)/C(=C/c3nccs3)C2CC1.CC1(C)[C@H](C(=O)O)N2C(=O)/C(=C/c3cc(C(=O)O)ccn3)[C@H]2S1(=O)=O.CC1(C)[C@H](C(=O)O)N2C(=O)C(CO)[C@H]2S1(=O)=O. The Kier molecular flexibility index (Phi) is 12.5. The number of pyridine rings is 1. The second kappa shape index (κ2) is 16.9. The first-order chi connectivity index (χ1) is 30.2. The summed E-state index contributed by atoms with van der Waals surface area (Å²) in [5.74, 6) is -8.27. The Morgan fingerprint density at radius 3 is 2.00 bits per heavy atom. The highest BCUT2D eigenvalue weighted by molar-refractivity contribution is 7.94. The van der Waals surface area contributed by atoms with Crippen molar-refractivity contribution in [1.82, 2.24) is 24.7 Å². The number of β-lactam (4-membered cyclic amide) rings is 3. The molecule has 3 amide bonds. The largest absolute Gasteiger partial charge is 0.480 e. The number of aromatic carboxylic acids is 1. The Bertz CT molecular complexity index is 2760. The van der Waals surface area contributed by atoms with Gasteiger partial charge in [-0.3, -0.25) is 29.1 Å². The van der Waals surface area contributed by atoms with Gasteiger partial charge in [-0.2, -0.15) is 0 Å². The zero-order valence-corrected chi connectivity index (χ0v) is 37.3. The molecule has 2 unspecified atom stereocenters. The number of ether oxygens (including phenoxy) is 1. The van der Waals surface area contributed by atoms with Crippen molar-refractivity contribution in [3.8, 4) is 0 Å². The van der Waals surface area contributed by atoms with Gasteiger partial charge < -0.3 is 40.1 Å². The van der Waals surface area contributed by atoms with Crippen LogP contribution in [0.4, 0.5) is 0 Å². The fraction of sp³-hybridized carbons (Fsp3) is 0.436. The molecule has 0 saturated carbocycles. The number of carbonyl (C=O) groups excluding carboxylic acids is 4. The molecule has 5 N–H and O–H groups in total. The number of thiazole rings is 1. The molecule has 5 saturated heterocycles. The van der Waals surface area contributed by atoms with Crippen LogP contribution in [0.15, 0.2) is 52.3 Å². The second-order valence-corrected chi connectivity index (χ2v) is 22.5. The molecule has 2 aromatic heterocycles. The van der Waals surface area contributed by atoms with Crippen molar-refractivity contribution in [1.29, 1.82) is 0 Å². The fourth-order valence-electron chi connectivity index (χ4n) is 8.56. The highest BCUT2D eigenvalue weighted by Crippen LogP contribution is 2.50. The van der Waals surface area contributed by atoms with Gasteiger partial charge in [0.15, 0.2) is 31.1 Å². The Morgan fingerprint density at radius 2 is 1.46 bits per heavy atom. The average Bonchev–Trinajstić information content (AvgIpc) is 3.83. The fourth-order valence-corrected chi connectivity index (χ4v) is 13.6. The lowest BCUT2D eigenvalue weighted by atomic mass is 9.83. The van der Waals surface area contributed by atoms with Crippen LogP contribution >= 0.6 is 11.3 Å². The molecule has 0 spiro atoms. The molecule has 6 aliphatic rings. The van der Waals surface area contributed by atoms with Gasteiger partial charge in [0, 0.05) is 30.3 Å². The van der Waals surface area contributed by atoms with E-state index in [2.05, 4.69) is 9.97 Å². The Balaban J connectivity index is 0.000000165. The summed E-state index contributed by atoms with van der Waals surface area (Å²) < 4.78 is 51.4. The molecule has 348 valence electrons. The lowest BCUT2D eigenvalue weighted by molar-refractivity contribution is -0.165. The summed E-state index contributed by atoms with van der Waals surface area (Å²) in [6.07, 6.45) is 6.86. The van der Waals surface area contributed by atoms with Crippen LogP contribution in [0.25, 0.3) is 12.2 Å². The normalized spacial score (nSPS) is 28.2. The summed E-state index contributed by atoms with van der Waals surface area (Å²) in [6.45, 7) is 5.71. The number of aliphatic carboxylic acids is 3. The predicted molar refractivity (Wildman–Crippen MR) is 221 cm³/mol. The summed E-state index contributed by atoms with van der Waals surface area (Å²) in [7, 11) is -7.77. The third-order valence-electron chi connectivity index (χ3n) is 12.0. The first-order valence-corrected chi connectivity index (χ1v) is 23.3. The number of hydrogen-bond acceptors (Lipinski definition) is 17. The van der Waals surface area contributed by atoms with Crippen LogP contribution in [0.2, 0.25) is 0 Å². The van der Waals surface area contributed by atoms with Gasteiger partial charge in [0.1, 0.15) is 33.5 Å². The van der Waals surface area contributed by atoms with Gasteiger partial charge in [0.25, 0.3) is 11.8 Å². The van der Waals surface area contributed by atoms with Crippen molar-refractivity contribution >= 4 is 90.7 Å². The van der Waals surface area contributed by atoms with E-state index < -0.39 is 106 Å². The van der Waals surface area contributed by atoms with E-state index in [0.717, 1.165) is 14.8 Å². The molecule has 26 heteroatoms. The van der Waals surface area contributed by atoms with E-state index in [9.17, 15) is 65.4 Å². The number of rotatable bonds is 9. The third kappa shape index (κ3) is 7.65. The number of hydrogen-bond donors (Lipinski definition) is 5. The van der Waals surface area contributed by atoms with Crippen LogP contribution in [0.5, 0.6) is 0 Å². The van der Waals surface area contributed by atoms with Crippen molar-refractivity contribution in [2.75, 3.05) is 13.2 Å². The van der Waals surface area contributed by atoms with Crippen molar-refractivity contribution in [2.45, 2.75) is 85.8 Å². The third-order valence-corrected chi connectivity index (χ3v) is 18.3. The number of nitrogens with zero attached hydrogens (tertiary/aromatic N) is 5. The van der Waals surface area contributed by atoms with Gasteiger partial charge in [-0.25, -0.2) is 41.0 Å². The van der Waals surface area contributed by atoms with Crippen LogP contribution < -0.4 is 0 Å². The molecule has 2 aromatic rings. The van der Waals surface area contributed by atoms with Crippen LogP contribution in [0.1, 0.15) is 68.5 Å². The topological polar surface area (TPSA) is 351 Å². The van der Waals surface area contributed by atoms with E-state index in [4.69, 9.17) is 20.1 Å². The standard InChI is InChI=1S/C15H14N2O7S.C15H14N2O5S.C9H13NO6S/c1-15(2)10(14(21)22)17-11(18)9(12(17)25(15,23)24)6-8-5-7(13(19)20)3-4-16-8;1-8(18)22-7-9-2-3-11-10(6-12-16-4-5-23-12)14(19)17(11)13(9)15(20)21;1-9(2)5(8(13)14)10-6(12)4(3-11)7(10)17(9,15)16/h3-6,10,12H,1-2H3,(H,19,20)(H,21,22);4-6,11H,2-3,7H2,1H3,(H,20,21);4-5,7,11H,3H2,1-2H3,(H,13,14)/b9-6-;10-6+;/t10-,12+;;4?,5-,7+/m0.0/s1. The minimum atomic E-state index is -3.98. The van der Waals surface area contributed by atoms with Crippen molar-refractivity contribution < 1.29 is 85.5 Å². The van der Waals surface area contributed by atoms with Crippen molar-refractivity contribution in [2.24, 2.45) is 5.92 Å². The number of aliphatic hydroxyl groups excluding tert-OH is 1. The maximum Gasteiger partial charge on any atom is 0.352 e. The highest BCUT2D eigenvalue weighted by Gasteiger charge is 2.72. The molecule has 0 bridgehead atoms. The van der Waals surface area contributed by atoms with Gasteiger partial charge in [-0.05, 0) is 70.4 Å². The number of aromatic nitrogens is 2. The molecule has 8 heterocycles. The monoisotopic (exact) mass is 963 g/mol. The summed E-state index contributed by atoms with van der Waals surface area (Å²) >= 11 is 1.42. The van der Waals surface area contributed by atoms with Gasteiger partial charge in [0.2, 0.25) is 5.91 Å². The van der Waals surface area contributed by atoms with Gasteiger partial charge in [0.05, 0.1) is 40.1 Å². The Hall–Kier alpha value is -6.38. The Labute approximate surface area is 373 Å². The zero-order valence-electron chi connectivity index (χ0n) is 34.8. The van der Waals surface area contributed by atoms with E-state index in [-0.39, 0.29) is 41.1 Å². The van der Waals surface area contributed by atoms with E-state index in [1.165, 1.54) is 75.3 Å². The summed E-state index contributed by atoms with van der Waals surface area (Å²) in [4.78, 5) is 103. The first-order valence-electron chi connectivity index (χ1n) is 19.3. The first kappa shape index (κ1) is 48.1. The number of carbonyl (C=O) groups is 8. The molecule has 23 nitrogen and oxygen atoms in total. The van der Waals surface area contributed by atoms with Crippen LogP contribution in [0, 0.1) is 5.92 Å². The summed E-state index contributed by atoms with van der Waals surface area (Å²) in [5.41, 5.74) is 0.893. The van der Waals surface area contributed by atoms with Crippen molar-refractivity contribution in [3.63, 3.8) is 0 Å². The van der Waals surface area contributed by atoms with E-state index in [1.54, 1.807) is 12.3 Å². The van der Waals surface area contributed by atoms with Gasteiger partial charge in [-0.1, -0.05) is 0 Å². The van der Waals surface area contributed by atoms with Crippen molar-refractivity contribution in [3.05, 3.63) is 68.6 Å². The number of sulfone groups is 2. The lowest BCUT2D eigenvalue weighted by Crippen LogP contribution is -2.64. The molecular formula is C39H41N5O18S3. The maximum atomic E-state index is 12.7. The number of carboxylic acids is 4. The second-order valence-electron chi connectivity index (χ2n) is 16.4.